The summed E-state index contributed by atoms with van der Waals surface area (Å²) >= 11 is 0. The van der Waals surface area contributed by atoms with Gasteiger partial charge >= 0.3 is 0 Å². The van der Waals surface area contributed by atoms with Gasteiger partial charge in [-0.05, 0) is 41.2 Å². The Morgan fingerprint density at radius 2 is 1.88 bits per heavy atom. The minimum Gasteiger partial charge on any atom is -0.494 e. The van der Waals surface area contributed by atoms with Gasteiger partial charge in [0.2, 0.25) is 5.91 Å². The Kier molecular flexibility index (Phi) is 6.34. The predicted octanol–water partition coefficient (Wildman–Crippen LogP) is 4.08. The maximum atomic E-state index is 12.0. The molecule has 1 N–H and O–H groups in total. The monoisotopic (exact) mass is 338 g/mol. The first-order valence-electron chi connectivity index (χ1n) is 8.52. The third-order valence-electron chi connectivity index (χ3n) is 3.76. The van der Waals surface area contributed by atoms with Crippen LogP contribution in [0, 0.1) is 0 Å². The van der Waals surface area contributed by atoms with E-state index < -0.39 is 0 Å². The quantitative estimate of drug-likeness (QED) is 0.637. The SMILES string of the molecule is CCOc1cccc(/C=N\NC(=O)Cc2ccc(C(C)(C)C)cc2)c1. The highest BCUT2D eigenvalue weighted by Gasteiger charge is 2.13. The van der Waals surface area contributed by atoms with E-state index in [0.29, 0.717) is 13.0 Å². The van der Waals surface area contributed by atoms with Gasteiger partial charge in [0.15, 0.2) is 0 Å². The van der Waals surface area contributed by atoms with Gasteiger partial charge in [0.1, 0.15) is 5.75 Å². The Morgan fingerprint density at radius 1 is 1.16 bits per heavy atom. The number of amides is 1. The molecule has 0 unspecified atom stereocenters. The summed E-state index contributed by atoms with van der Waals surface area (Å²) in [6, 6.07) is 15.7. The molecule has 0 bridgehead atoms. The van der Waals surface area contributed by atoms with Crippen molar-refractivity contribution >= 4 is 12.1 Å². The number of ether oxygens (including phenoxy) is 1. The largest absolute Gasteiger partial charge is 0.494 e. The van der Waals surface area contributed by atoms with Crippen molar-refractivity contribution < 1.29 is 9.53 Å². The third kappa shape index (κ3) is 6.07. The van der Waals surface area contributed by atoms with Crippen LogP contribution in [-0.2, 0) is 16.6 Å². The minimum absolute atomic E-state index is 0.112. The Morgan fingerprint density at radius 3 is 2.52 bits per heavy atom. The van der Waals surface area contributed by atoms with Crippen LogP contribution in [0.2, 0.25) is 0 Å². The Balaban J connectivity index is 1.89. The Hall–Kier alpha value is -2.62. The topological polar surface area (TPSA) is 50.7 Å². The summed E-state index contributed by atoms with van der Waals surface area (Å²) < 4.78 is 5.44. The third-order valence-corrected chi connectivity index (χ3v) is 3.76. The average molecular weight is 338 g/mol. The molecule has 0 aromatic heterocycles. The second-order valence-electron chi connectivity index (χ2n) is 6.92. The Labute approximate surface area is 149 Å². The number of rotatable bonds is 6. The van der Waals surface area contributed by atoms with Crippen molar-refractivity contribution in [3.05, 3.63) is 65.2 Å². The van der Waals surface area contributed by atoms with Gasteiger partial charge in [0.25, 0.3) is 0 Å². The highest BCUT2D eigenvalue weighted by Crippen LogP contribution is 2.22. The van der Waals surface area contributed by atoms with Crippen LogP contribution in [0.3, 0.4) is 0 Å². The van der Waals surface area contributed by atoms with Gasteiger partial charge in [-0.3, -0.25) is 4.79 Å². The molecule has 0 aliphatic carbocycles. The van der Waals surface area contributed by atoms with Gasteiger partial charge in [-0.25, -0.2) is 5.43 Å². The van der Waals surface area contributed by atoms with Crippen molar-refractivity contribution in [1.82, 2.24) is 5.43 Å². The van der Waals surface area contributed by atoms with Crippen molar-refractivity contribution in [2.75, 3.05) is 6.61 Å². The summed E-state index contributed by atoms with van der Waals surface area (Å²) in [5, 5.41) is 4.02. The molecule has 0 heterocycles. The molecule has 0 saturated heterocycles. The number of nitrogens with one attached hydrogen (secondary N) is 1. The fourth-order valence-corrected chi connectivity index (χ4v) is 2.38. The van der Waals surface area contributed by atoms with Crippen LogP contribution in [-0.4, -0.2) is 18.7 Å². The molecule has 0 radical (unpaired) electrons. The molecule has 4 nitrogen and oxygen atoms in total. The molecule has 0 fully saturated rings. The molecular weight excluding hydrogens is 312 g/mol. The van der Waals surface area contributed by atoms with E-state index in [9.17, 15) is 4.79 Å². The van der Waals surface area contributed by atoms with E-state index in [1.54, 1.807) is 6.21 Å². The number of nitrogens with zero attached hydrogens (tertiary/aromatic N) is 1. The Bertz CT molecular complexity index is 728. The normalized spacial score (nSPS) is 11.5. The van der Waals surface area contributed by atoms with E-state index in [0.717, 1.165) is 16.9 Å². The maximum Gasteiger partial charge on any atom is 0.244 e. The zero-order valence-electron chi connectivity index (χ0n) is 15.4. The summed E-state index contributed by atoms with van der Waals surface area (Å²) in [5.41, 5.74) is 5.78. The smallest absolute Gasteiger partial charge is 0.244 e. The molecule has 2 aromatic rings. The molecular formula is C21H26N2O2. The lowest BCUT2D eigenvalue weighted by Gasteiger charge is -2.19. The molecule has 0 spiro atoms. The lowest BCUT2D eigenvalue weighted by Crippen LogP contribution is -2.20. The zero-order chi connectivity index (χ0) is 18.3. The highest BCUT2D eigenvalue weighted by molar-refractivity contribution is 5.83. The first kappa shape index (κ1) is 18.7. The zero-order valence-corrected chi connectivity index (χ0v) is 15.4. The molecule has 0 atom stereocenters. The lowest BCUT2D eigenvalue weighted by atomic mass is 9.86. The molecule has 2 rings (SSSR count). The van der Waals surface area contributed by atoms with Crippen molar-refractivity contribution in [2.45, 2.75) is 39.5 Å². The summed E-state index contributed by atoms with van der Waals surface area (Å²) in [6.45, 7) is 9.07. The van der Waals surface area contributed by atoms with Gasteiger partial charge in [0, 0.05) is 0 Å². The summed E-state index contributed by atoms with van der Waals surface area (Å²) in [6.07, 6.45) is 1.92. The number of carbonyl (C=O) groups is 1. The van der Waals surface area contributed by atoms with E-state index in [1.807, 2.05) is 43.3 Å². The molecule has 1 amide bonds. The number of hydrazone groups is 1. The molecule has 0 aliphatic heterocycles. The first-order chi connectivity index (χ1) is 11.9. The molecule has 0 aliphatic rings. The standard InChI is InChI=1S/C21H26N2O2/c1-5-25-19-8-6-7-17(13-19)15-22-23-20(24)14-16-9-11-18(12-10-16)21(2,3)4/h6-13,15H,5,14H2,1-4H3,(H,23,24)/b22-15-. The molecule has 2 aromatic carbocycles. The van der Waals surface area contributed by atoms with Gasteiger partial charge in [-0.15, -0.1) is 0 Å². The van der Waals surface area contributed by atoms with Crippen molar-refractivity contribution in [3.8, 4) is 5.75 Å². The average Bonchev–Trinajstić information content (AvgIpc) is 2.55. The highest BCUT2D eigenvalue weighted by atomic mass is 16.5. The molecule has 25 heavy (non-hydrogen) atoms. The van der Waals surface area contributed by atoms with Gasteiger partial charge < -0.3 is 4.74 Å². The van der Waals surface area contributed by atoms with Crippen LogP contribution in [0.15, 0.2) is 53.6 Å². The number of benzene rings is 2. The fourth-order valence-electron chi connectivity index (χ4n) is 2.38. The molecule has 0 saturated carbocycles. The van der Waals surface area contributed by atoms with Crippen LogP contribution in [0.1, 0.15) is 44.4 Å². The van der Waals surface area contributed by atoms with Crippen LogP contribution in [0.5, 0.6) is 5.75 Å². The van der Waals surface area contributed by atoms with Crippen molar-refractivity contribution in [2.24, 2.45) is 5.10 Å². The minimum atomic E-state index is -0.138. The van der Waals surface area contributed by atoms with Crippen LogP contribution in [0.25, 0.3) is 0 Å². The molecule has 4 heteroatoms. The van der Waals surface area contributed by atoms with E-state index in [2.05, 4.69) is 43.4 Å². The maximum absolute atomic E-state index is 12.0. The van der Waals surface area contributed by atoms with Crippen LogP contribution in [0.4, 0.5) is 0 Å². The summed E-state index contributed by atoms with van der Waals surface area (Å²) in [5.74, 6) is 0.650. The van der Waals surface area contributed by atoms with Crippen LogP contribution >= 0.6 is 0 Å². The van der Waals surface area contributed by atoms with E-state index >= 15 is 0 Å². The summed E-state index contributed by atoms with van der Waals surface area (Å²) in [4.78, 5) is 12.0. The number of hydrogen-bond donors (Lipinski definition) is 1. The van der Waals surface area contributed by atoms with Gasteiger partial charge in [0.05, 0.1) is 19.2 Å². The van der Waals surface area contributed by atoms with Crippen molar-refractivity contribution in [3.63, 3.8) is 0 Å². The number of hydrogen-bond acceptors (Lipinski definition) is 3. The fraction of sp³-hybridized carbons (Fsp3) is 0.333. The number of carbonyl (C=O) groups excluding carboxylic acids is 1. The van der Waals surface area contributed by atoms with E-state index in [-0.39, 0.29) is 11.3 Å². The van der Waals surface area contributed by atoms with Crippen molar-refractivity contribution in [1.29, 1.82) is 0 Å². The van der Waals surface area contributed by atoms with Gasteiger partial charge in [-0.1, -0.05) is 57.2 Å². The summed E-state index contributed by atoms with van der Waals surface area (Å²) in [7, 11) is 0. The van der Waals surface area contributed by atoms with Gasteiger partial charge in [-0.2, -0.15) is 5.10 Å². The second-order valence-corrected chi connectivity index (χ2v) is 6.92. The second kappa shape index (κ2) is 8.47. The molecule has 132 valence electrons. The predicted molar refractivity (Wildman–Crippen MR) is 102 cm³/mol. The van der Waals surface area contributed by atoms with Crippen LogP contribution < -0.4 is 10.2 Å². The first-order valence-corrected chi connectivity index (χ1v) is 8.52. The lowest BCUT2D eigenvalue weighted by molar-refractivity contribution is -0.120. The van der Waals surface area contributed by atoms with E-state index in [4.69, 9.17) is 4.74 Å². The van der Waals surface area contributed by atoms with E-state index in [1.165, 1.54) is 5.56 Å².